The number of terminal acetylenes is 1. The van der Waals surface area contributed by atoms with Crippen LogP contribution in [0.25, 0.3) is 0 Å². The molecule has 0 radical (unpaired) electrons. The number of carbonyl (C=O) groups excluding carboxylic acids is 5. The van der Waals surface area contributed by atoms with E-state index in [1.165, 1.54) is 6.08 Å². The smallest absolute Gasteiger partial charge is 0.101 e. The van der Waals surface area contributed by atoms with Crippen molar-refractivity contribution in [3.05, 3.63) is 12.7 Å². The number of urea groups is 1. The molecule has 4 unspecified atom stereocenters. The predicted molar refractivity (Wildman–Crippen MR) is 196 cm³/mol. The first kappa shape index (κ1) is 42.1. The van der Waals surface area contributed by atoms with E-state index in [1.54, 1.807) is 25.7 Å². The first-order valence-corrected chi connectivity index (χ1v) is 22.9. The molecule has 292 valence electrons. The molecule has 0 aromatic rings. The van der Waals surface area contributed by atoms with Crippen LogP contribution in [0.2, 0.25) is 0 Å². The van der Waals surface area contributed by atoms with Gasteiger partial charge in [0.1, 0.15) is 0 Å². The number of amides is 5. The summed E-state index contributed by atoms with van der Waals surface area (Å²) in [5, 5.41) is 11.3. The van der Waals surface area contributed by atoms with Gasteiger partial charge in [0.05, 0.1) is 0 Å². The quantitative estimate of drug-likeness (QED) is 0.0456. The summed E-state index contributed by atoms with van der Waals surface area (Å²) in [6, 6.07) is -2.62. The second-order valence-electron chi connectivity index (χ2n) is 16.6. The Morgan fingerprint density at radius 3 is 2.25 bits per heavy atom. The number of halogens is 1. The number of nitrogens with zero attached hydrogens (tertiary/aromatic N) is 1. The minimum atomic E-state index is -3.56. The molecule has 52 heavy (non-hydrogen) atoms. The van der Waals surface area contributed by atoms with Crippen molar-refractivity contribution in [2.24, 2.45) is 17.3 Å². The van der Waals surface area contributed by atoms with Gasteiger partial charge in [0.25, 0.3) is 0 Å². The fourth-order valence-electron chi connectivity index (χ4n) is 8.13. The Morgan fingerprint density at radius 2 is 1.65 bits per heavy atom. The van der Waals surface area contributed by atoms with Crippen LogP contribution < -0.4 is 42.5 Å². The van der Waals surface area contributed by atoms with Crippen molar-refractivity contribution in [2.75, 3.05) is 18.8 Å². The average molecular weight is 857 g/mol. The number of nitrogens with one attached hydrogen (secondary N) is 4. The second-order valence-corrected chi connectivity index (χ2v) is 23.1. The maximum absolute atomic E-state index is 14.7. The zero-order valence-electron chi connectivity index (χ0n) is 31.5. The molecular weight excluding hydrogens is 797 g/mol. The van der Waals surface area contributed by atoms with Crippen LogP contribution in [0.5, 0.6) is 0 Å². The Morgan fingerprint density at radius 1 is 1.02 bits per heavy atom. The molecule has 5 amide bonds. The molecule has 4 N–H and O–H groups in total. The third-order valence-electron chi connectivity index (χ3n) is 11.5. The van der Waals surface area contributed by atoms with Gasteiger partial charge >= 0.3 is 316 Å². The van der Waals surface area contributed by atoms with E-state index >= 15 is 0 Å². The van der Waals surface area contributed by atoms with Crippen LogP contribution in [-0.2, 0) is 29.0 Å². The molecule has 0 bridgehead atoms. The molecule has 1 heterocycles. The summed E-state index contributed by atoms with van der Waals surface area (Å²) in [6.07, 6.45) is 15.9. The summed E-state index contributed by atoms with van der Waals surface area (Å²) in [7, 11) is -3.56. The first-order chi connectivity index (χ1) is 24.4. The molecule has 14 heteroatoms. The first-order valence-electron chi connectivity index (χ1n) is 18.8. The fraction of sp³-hybridized carbons (Fsp3) is 0.763. The number of fused-ring (bicyclic) bond motifs is 1. The van der Waals surface area contributed by atoms with E-state index in [-0.39, 0.29) is 48.3 Å². The van der Waals surface area contributed by atoms with Crippen molar-refractivity contribution < 1.29 is 53.6 Å². The van der Waals surface area contributed by atoms with Crippen LogP contribution in [0.4, 0.5) is 4.79 Å². The number of carbonyl (C=O) groups is 5. The molecule has 1 saturated heterocycles. The third-order valence-corrected chi connectivity index (χ3v) is 18.1. The van der Waals surface area contributed by atoms with Crippen LogP contribution in [0.15, 0.2) is 12.7 Å². The molecule has 3 saturated carbocycles. The van der Waals surface area contributed by atoms with Gasteiger partial charge in [-0.3, -0.25) is 0 Å². The van der Waals surface area contributed by atoms with Crippen molar-refractivity contribution in [1.82, 2.24) is 26.2 Å². The normalized spacial score (nSPS) is 25.1. The van der Waals surface area contributed by atoms with Crippen molar-refractivity contribution in [3.63, 3.8) is 0 Å². The molecule has 0 aromatic heterocycles. The van der Waals surface area contributed by atoms with Crippen molar-refractivity contribution in [2.45, 2.75) is 142 Å². The Labute approximate surface area is 320 Å². The van der Waals surface area contributed by atoms with Gasteiger partial charge in [0.2, 0.25) is 0 Å². The Kier molecular flexibility index (Phi) is 13.9. The Bertz CT molecular complexity index is 1520. The second kappa shape index (κ2) is 17.2. The van der Waals surface area contributed by atoms with E-state index < -0.39 is 81.1 Å². The van der Waals surface area contributed by atoms with Crippen LogP contribution in [-0.4, -0.2) is 92.0 Å². The van der Waals surface area contributed by atoms with Gasteiger partial charge in [0.15, 0.2) is 0 Å². The standard InChI is InChI=1S/C38H59IN5O7S/c1-8-10-19-27(30(45)33(47)40-22-9-2)41-32(46)29-28-26(37(28,6)7)23-44(29)34(48)31(39-25-17-13-11-14-18-25)42-35(49)43-38(20-15-12-16-21-38)24-52(50,51)36(3,4)5/h1,9,25-29,31H,2,10-24H2,3-7H3,(H,40,47)(H,41,46)(H2,42,43,49)/q-1/t26?,27?,28?,29-,31?/m0/s1. The minimum absolute atomic E-state index is 0.0541. The van der Waals surface area contributed by atoms with Gasteiger partial charge in [-0.2, -0.15) is 0 Å². The number of sulfone groups is 1. The van der Waals surface area contributed by atoms with Gasteiger partial charge < -0.3 is 0 Å². The number of piperidine rings is 1. The zero-order chi connectivity index (χ0) is 38.5. The van der Waals surface area contributed by atoms with Crippen LogP contribution >= 0.6 is 0 Å². The Balaban J connectivity index is 1.58. The van der Waals surface area contributed by atoms with E-state index in [2.05, 4.69) is 47.6 Å². The molecule has 0 aromatic carbocycles. The molecule has 5 atom stereocenters. The monoisotopic (exact) mass is 856 g/mol. The molecule has 4 aliphatic rings. The van der Waals surface area contributed by atoms with Crippen molar-refractivity contribution in [1.29, 1.82) is 0 Å². The van der Waals surface area contributed by atoms with Crippen LogP contribution in [0.3, 0.4) is 0 Å². The van der Waals surface area contributed by atoms with Gasteiger partial charge in [-0.25, -0.2) is 0 Å². The maximum atomic E-state index is 14.7. The molecule has 4 fully saturated rings. The van der Waals surface area contributed by atoms with E-state index in [9.17, 15) is 32.4 Å². The summed E-state index contributed by atoms with van der Waals surface area (Å²) >= 11 is -0.907. The molecule has 3 aliphatic carbocycles. The summed E-state index contributed by atoms with van der Waals surface area (Å²) in [4.78, 5) is 70.0. The molecular formula is C38H59IN5O7S-. The van der Waals surface area contributed by atoms with Gasteiger partial charge in [0, 0.05) is 0 Å². The average Bonchev–Trinajstić information content (AvgIpc) is 3.38. The number of ketones is 1. The topological polar surface area (TPSA) is 171 Å². The summed E-state index contributed by atoms with van der Waals surface area (Å²) in [6.45, 7) is 13.1. The molecule has 12 nitrogen and oxygen atoms in total. The van der Waals surface area contributed by atoms with E-state index in [0.717, 1.165) is 51.4 Å². The van der Waals surface area contributed by atoms with Gasteiger partial charge in [-0.1, -0.05) is 0 Å². The number of rotatable bonds is 15. The number of likely N-dealkylation sites (tertiary alicyclic amines) is 1. The molecule has 1 aliphatic heterocycles. The summed E-state index contributed by atoms with van der Waals surface area (Å²) < 4.78 is 25.3. The Hall–Kier alpha value is -2.67. The third kappa shape index (κ3) is 9.89. The fourth-order valence-corrected chi connectivity index (χ4v) is 13.4. The van der Waals surface area contributed by atoms with Crippen LogP contribution in [0.1, 0.15) is 112 Å². The predicted octanol–water partition coefficient (Wildman–Crippen LogP) is 0.202. The zero-order valence-corrected chi connectivity index (χ0v) is 34.5. The van der Waals surface area contributed by atoms with Gasteiger partial charge in [-0.05, 0) is 0 Å². The van der Waals surface area contributed by atoms with E-state index in [4.69, 9.17) is 6.42 Å². The minimum Gasteiger partial charge on any atom is -0.101 e. The molecule has 4 rings (SSSR count). The van der Waals surface area contributed by atoms with E-state index in [1.807, 2.05) is 0 Å². The number of Topliss-reactive ketones (excluding diaryl/α,β-unsaturated/α-hetero) is 1. The summed E-state index contributed by atoms with van der Waals surface area (Å²) in [5.41, 5.74) is -1.16. The number of hydrogen-bond acceptors (Lipinski definition) is 7. The van der Waals surface area contributed by atoms with Crippen LogP contribution in [0, 0.1) is 29.6 Å². The van der Waals surface area contributed by atoms with Crippen molar-refractivity contribution in [3.8, 4) is 12.3 Å². The van der Waals surface area contributed by atoms with E-state index in [0.29, 0.717) is 23.3 Å². The SMILES string of the molecule is C#CCCC(NC(=O)[C@@H]1C2C(CN1C(=O)C(NC(=O)NC1(CS(=O)(=O)C(C)(C)C)CCCCC1)[I-]C1CCCCC1)C2(C)C)C(=O)C(=O)NCC=C. The van der Waals surface area contributed by atoms with Crippen molar-refractivity contribution >= 4 is 39.4 Å². The number of hydrogen-bond donors (Lipinski definition) is 4. The number of alkyl halides is 2. The summed E-state index contributed by atoms with van der Waals surface area (Å²) in [5.74, 6) is -0.345. The molecule has 0 spiro atoms. The van der Waals surface area contributed by atoms with Gasteiger partial charge in [-0.15, -0.1) is 6.58 Å².